The third-order valence-electron chi connectivity index (χ3n) is 3.09. The molecular formula is C18H26N2O6. The maximum atomic E-state index is 12.4. The predicted molar refractivity (Wildman–Crippen MR) is 96.0 cm³/mol. The lowest BCUT2D eigenvalue weighted by atomic mass is 10.2. The van der Waals surface area contributed by atoms with E-state index in [9.17, 15) is 14.4 Å². The monoisotopic (exact) mass is 366 g/mol. The van der Waals surface area contributed by atoms with Crippen molar-refractivity contribution in [3.8, 4) is 0 Å². The van der Waals surface area contributed by atoms with Crippen molar-refractivity contribution in [1.29, 1.82) is 0 Å². The van der Waals surface area contributed by atoms with Crippen molar-refractivity contribution in [2.24, 2.45) is 0 Å². The lowest BCUT2D eigenvalue weighted by Gasteiger charge is -2.20. The zero-order chi connectivity index (χ0) is 19.7. The number of ether oxygens (including phenoxy) is 3. The molecule has 0 atom stereocenters. The van der Waals surface area contributed by atoms with Crippen LogP contribution in [0.3, 0.4) is 0 Å². The van der Waals surface area contributed by atoms with Crippen molar-refractivity contribution in [1.82, 2.24) is 4.57 Å². The zero-order valence-corrected chi connectivity index (χ0v) is 15.7. The second-order valence-electron chi connectivity index (χ2n) is 6.50. The van der Waals surface area contributed by atoms with Crippen LogP contribution in [0.25, 0.3) is 0 Å². The summed E-state index contributed by atoms with van der Waals surface area (Å²) < 4.78 is 16.5. The first-order valence-electron chi connectivity index (χ1n) is 8.21. The van der Waals surface area contributed by atoms with Crippen molar-refractivity contribution in [3.05, 3.63) is 30.6 Å². The van der Waals surface area contributed by atoms with Gasteiger partial charge < -0.3 is 18.8 Å². The molecule has 0 aliphatic carbocycles. The minimum atomic E-state index is -0.660. The largest absolute Gasteiger partial charge is 0.469 e. The number of rotatable bonds is 8. The minimum Gasteiger partial charge on any atom is -0.469 e. The third kappa shape index (κ3) is 7.42. The summed E-state index contributed by atoms with van der Waals surface area (Å²) in [6, 6.07) is 1.50. The molecule has 0 saturated heterocycles. The second kappa shape index (κ2) is 9.65. The van der Waals surface area contributed by atoms with E-state index in [1.54, 1.807) is 31.5 Å². The highest BCUT2D eigenvalue weighted by Gasteiger charge is 2.22. The topological polar surface area (TPSA) is 95.9 Å². The first kappa shape index (κ1) is 21.3. The molecule has 0 radical (unpaired) electrons. The van der Waals surface area contributed by atoms with E-state index in [-0.39, 0.29) is 24.7 Å². The predicted octanol–water partition coefficient (Wildman–Crippen LogP) is 3.13. The number of nitrogens with zero attached hydrogens (tertiary/aromatic N) is 1. The molecule has 0 spiro atoms. The van der Waals surface area contributed by atoms with E-state index in [0.717, 1.165) is 0 Å². The van der Waals surface area contributed by atoms with Crippen LogP contribution in [0.4, 0.5) is 10.5 Å². The second-order valence-corrected chi connectivity index (χ2v) is 6.50. The van der Waals surface area contributed by atoms with Crippen LogP contribution in [0.5, 0.6) is 0 Å². The van der Waals surface area contributed by atoms with Gasteiger partial charge in [0.25, 0.3) is 0 Å². The number of aryl methyl sites for hydroxylation is 1. The van der Waals surface area contributed by atoms with Crippen molar-refractivity contribution >= 4 is 23.7 Å². The van der Waals surface area contributed by atoms with Crippen LogP contribution in [0.2, 0.25) is 0 Å². The Balaban J connectivity index is 2.91. The van der Waals surface area contributed by atoms with Crippen molar-refractivity contribution < 1.29 is 28.6 Å². The molecule has 0 bridgehead atoms. The molecule has 0 saturated carbocycles. The van der Waals surface area contributed by atoms with Crippen molar-refractivity contribution in [2.75, 3.05) is 19.0 Å². The van der Waals surface area contributed by atoms with Gasteiger partial charge in [-0.3, -0.25) is 10.1 Å². The first-order valence-corrected chi connectivity index (χ1v) is 8.21. The van der Waals surface area contributed by atoms with Gasteiger partial charge in [0.05, 0.1) is 12.8 Å². The summed E-state index contributed by atoms with van der Waals surface area (Å²) in [7, 11) is 1.32. The lowest BCUT2D eigenvalue weighted by molar-refractivity contribution is -0.140. The fourth-order valence-electron chi connectivity index (χ4n) is 2.05. The summed E-state index contributed by atoms with van der Waals surface area (Å²) in [4.78, 5) is 35.3. The molecule has 1 rings (SSSR count). The van der Waals surface area contributed by atoms with E-state index < -0.39 is 17.7 Å². The SMILES string of the molecule is C=CCOC(=O)Nc1cc(C(=O)OC(C)(C)C)n(CCCC(=O)OC)c1. The molecule has 0 aliphatic heterocycles. The molecule has 8 heteroatoms. The Morgan fingerprint density at radius 1 is 1.31 bits per heavy atom. The van der Waals surface area contributed by atoms with Crippen LogP contribution in [-0.4, -0.2) is 41.9 Å². The number of carbonyl (C=O) groups excluding carboxylic acids is 3. The van der Waals surface area contributed by atoms with Crippen LogP contribution in [0, 0.1) is 0 Å². The highest BCUT2D eigenvalue weighted by Crippen LogP contribution is 2.19. The Labute approximate surface area is 153 Å². The first-order chi connectivity index (χ1) is 12.2. The van der Waals surface area contributed by atoms with Gasteiger partial charge in [-0.05, 0) is 33.3 Å². The molecule has 0 fully saturated rings. The molecule has 0 aliphatic rings. The number of amides is 1. The molecular weight excluding hydrogens is 340 g/mol. The van der Waals surface area contributed by atoms with E-state index in [1.165, 1.54) is 19.3 Å². The number of anilines is 1. The van der Waals surface area contributed by atoms with Gasteiger partial charge in [0.15, 0.2) is 0 Å². The van der Waals surface area contributed by atoms with Gasteiger partial charge in [0.1, 0.15) is 17.9 Å². The molecule has 26 heavy (non-hydrogen) atoms. The molecule has 1 amide bonds. The third-order valence-corrected chi connectivity index (χ3v) is 3.09. The molecule has 8 nitrogen and oxygen atoms in total. The average Bonchev–Trinajstić information content (AvgIpc) is 2.93. The number of aromatic nitrogens is 1. The van der Waals surface area contributed by atoms with E-state index >= 15 is 0 Å². The summed E-state index contributed by atoms with van der Waals surface area (Å²) in [5.74, 6) is -0.856. The van der Waals surface area contributed by atoms with Gasteiger partial charge >= 0.3 is 18.0 Å². The molecule has 1 heterocycles. The quantitative estimate of drug-likeness (QED) is 0.431. The molecule has 1 aromatic rings. The van der Waals surface area contributed by atoms with Crippen LogP contribution in [-0.2, 0) is 25.5 Å². The van der Waals surface area contributed by atoms with E-state index in [0.29, 0.717) is 18.7 Å². The van der Waals surface area contributed by atoms with Gasteiger partial charge in [-0.1, -0.05) is 12.7 Å². The number of methoxy groups -OCH3 is 1. The highest BCUT2D eigenvalue weighted by molar-refractivity contribution is 5.92. The van der Waals surface area contributed by atoms with E-state index in [2.05, 4.69) is 16.6 Å². The Morgan fingerprint density at radius 3 is 2.58 bits per heavy atom. The number of hydrogen-bond acceptors (Lipinski definition) is 6. The van der Waals surface area contributed by atoms with Crippen LogP contribution < -0.4 is 5.32 Å². The smallest absolute Gasteiger partial charge is 0.411 e. The van der Waals surface area contributed by atoms with E-state index in [1.807, 2.05) is 0 Å². The maximum Gasteiger partial charge on any atom is 0.411 e. The molecule has 1 N–H and O–H groups in total. The van der Waals surface area contributed by atoms with Gasteiger partial charge in [0, 0.05) is 19.2 Å². The maximum absolute atomic E-state index is 12.4. The zero-order valence-electron chi connectivity index (χ0n) is 15.7. The van der Waals surface area contributed by atoms with Gasteiger partial charge in [0.2, 0.25) is 0 Å². The van der Waals surface area contributed by atoms with Gasteiger partial charge in [-0.25, -0.2) is 9.59 Å². The molecule has 1 aromatic heterocycles. The number of hydrogen-bond donors (Lipinski definition) is 1. The lowest BCUT2D eigenvalue weighted by Crippen LogP contribution is -2.25. The standard InChI is InChI=1S/C18H26N2O6/c1-6-10-25-17(23)19-13-11-14(16(22)26-18(2,3)4)20(12-13)9-7-8-15(21)24-5/h6,11-12H,1,7-10H2,2-5H3,(H,19,23). The Kier molecular flexibility index (Phi) is 7.89. The fourth-order valence-corrected chi connectivity index (χ4v) is 2.05. The van der Waals surface area contributed by atoms with Crippen LogP contribution >= 0.6 is 0 Å². The Morgan fingerprint density at radius 2 is 2.00 bits per heavy atom. The average molecular weight is 366 g/mol. The fraction of sp³-hybridized carbons (Fsp3) is 0.500. The van der Waals surface area contributed by atoms with Gasteiger partial charge in [-0.2, -0.15) is 0 Å². The number of nitrogens with one attached hydrogen (secondary N) is 1. The molecule has 0 unspecified atom stereocenters. The Hall–Kier alpha value is -2.77. The summed E-state index contributed by atoms with van der Waals surface area (Å²) in [6.45, 7) is 9.21. The minimum absolute atomic E-state index is 0.0740. The summed E-state index contributed by atoms with van der Waals surface area (Å²) >= 11 is 0. The summed E-state index contributed by atoms with van der Waals surface area (Å²) in [5, 5.41) is 2.54. The summed E-state index contributed by atoms with van der Waals surface area (Å²) in [5.41, 5.74) is -0.00361. The van der Waals surface area contributed by atoms with Crippen molar-refractivity contribution in [3.63, 3.8) is 0 Å². The highest BCUT2D eigenvalue weighted by atomic mass is 16.6. The van der Waals surface area contributed by atoms with Gasteiger partial charge in [-0.15, -0.1) is 0 Å². The van der Waals surface area contributed by atoms with Crippen LogP contribution in [0.1, 0.15) is 44.1 Å². The number of carbonyl (C=O) groups is 3. The summed E-state index contributed by atoms with van der Waals surface area (Å²) in [6.07, 6.45) is 3.06. The van der Waals surface area contributed by atoms with Crippen molar-refractivity contribution in [2.45, 2.75) is 45.8 Å². The Bertz CT molecular complexity index is 657. The van der Waals surface area contributed by atoms with Crippen LogP contribution in [0.15, 0.2) is 24.9 Å². The van der Waals surface area contributed by atoms with E-state index in [4.69, 9.17) is 9.47 Å². The number of esters is 2. The molecule has 0 aromatic carbocycles. The normalized spacial score (nSPS) is 10.8. The molecule has 144 valence electrons.